The van der Waals surface area contributed by atoms with Gasteiger partial charge in [-0.15, -0.1) is 0 Å². The lowest BCUT2D eigenvalue weighted by atomic mass is 9.84. The third-order valence-corrected chi connectivity index (χ3v) is 6.50. The number of piperidine rings is 1. The highest BCUT2D eigenvalue weighted by molar-refractivity contribution is 5.88. The Hall–Kier alpha value is -1.81. The van der Waals surface area contributed by atoms with E-state index in [4.69, 9.17) is 0 Å². The van der Waals surface area contributed by atoms with Crippen LogP contribution in [0.4, 0.5) is 0 Å². The molecule has 0 radical (unpaired) electrons. The van der Waals surface area contributed by atoms with Crippen molar-refractivity contribution >= 4 is 16.8 Å². The van der Waals surface area contributed by atoms with Crippen molar-refractivity contribution in [3.05, 3.63) is 36.0 Å². The first-order chi connectivity index (χ1) is 12.6. The molecule has 2 aliphatic rings. The number of fused-ring (bicyclic) bond motifs is 1. The van der Waals surface area contributed by atoms with Gasteiger partial charge in [0.15, 0.2) is 0 Å². The molecular weight excluding hydrogens is 322 g/mol. The predicted molar refractivity (Wildman–Crippen MR) is 106 cm³/mol. The van der Waals surface area contributed by atoms with E-state index in [1.54, 1.807) is 0 Å². The molecule has 2 aliphatic heterocycles. The second-order valence-corrected chi connectivity index (χ2v) is 8.20. The third-order valence-electron chi connectivity index (χ3n) is 6.50. The van der Waals surface area contributed by atoms with Gasteiger partial charge in [0.25, 0.3) is 0 Å². The number of aryl methyl sites for hydroxylation is 1. The summed E-state index contributed by atoms with van der Waals surface area (Å²) in [6, 6.07) is 9.13. The maximum absolute atomic E-state index is 13.4. The van der Waals surface area contributed by atoms with E-state index in [0.29, 0.717) is 11.9 Å². The number of benzene rings is 1. The van der Waals surface area contributed by atoms with Gasteiger partial charge in [0, 0.05) is 42.8 Å². The van der Waals surface area contributed by atoms with Crippen LogP contribution in [-0.2, 0) is 17.9 Å². The minimum atomic E-state index is -0.266. The van der Waals surface area contributed by atoms with Crippen LogP contribution >= 0.6 is 0 Å². The van der Waals surface area contributed by atoms with Crippen molar-refractivity contribution in [2.24, 2.45) is 0 Å². The van der Waals surface area contributed by atoms with Crippen molar-refractivity contribution < 1.29 is 4.79 Å². The average molecular weight is 354 g/mol. The first-order valence-electron chi connectivity index (χ1n) is 10.2. The van der Waals surface area contributed by atoms with Crippen LogP contribution in [0.2, 0.25) is 0 Å². The lowest BCUT2D eigenvalue weighted by Crippen LogP contribution is -2.61. The molecular formula is C22H31N3O. The van der Waals surface area contributed by atoms with E-state index in [1.165, 1.54) is 16.5 Å². The van der Waals surface area contributed by atoms with E-state index in [0.717, 1.165) is 51.9 Å². The summed E-state index contributed by atoms with van der Waals surface area (Å²) in [6.45, 7) is 10.3. The van der Waals surface area contributed by atoms with Crippen LogP contribution in [0.25, 0.3) is 10.9 Å². The van der Waals surface area contributed by atoms with Gasteiger partial charge in [-0.3, -0.25) is 9.69 Å². The smallest absolute Gasteiger partial charge is 0.243 e. The topological polar surface area (TPSA) is 28.5 Å². The second-order valence-electron chi connectivity index (χ2n) is 8.20. The Kier molecular flexibility index (Phi) is 4.55. The summed E-state index contributed by atoms with van der Waals surface area (Å²) in [6.07, 6.45) is 6.46. The van der Waals surface area contributed by atoms with E-state index in [1.807, 2.05) is 0 Å². The Morgan fingerprint density at radius 3 is 2.62 bits per heavy atom. The molecule has 4 rings (SSSR count). The first kappa shape index (κ1) is 17.6. The summed E-state index contributed by atoms with van der Waals surface area (Å²) in [5, 5.41) is 1.33. The number of hydrogen-bond donors (Lipinski definition) is 0. The molecule has 0 bridgehead atoms. The number of aromatic nitrogens is 1. The molecule has 0 aliphatic carbocycles. The van der Waals surface area contributed by atoms with Crippen LogP contribution in [0.3, 0.4) is 0 Å². The first-order valence-corrected chi connectivity index (χ1v) is 10.2. The van der Waals surface area contributed by atoms with Gasteiger partial charge >= 0.3 is 0 Å². The molecule has 26 heavy (non-hydrogen) atoms. The molecule has 1 aromatic carbocycles. The van der Waals surface area contributed by atoms with Gasteiger partial charge in [-0.1, -0.05) is 12.1 Å². The van der Waals surface area contributed by atoms with Crippen LogP contribution in [0.5, 0.6) is 0 Å². The van der Waals surface area contributed by atoms with Gasteiger partial charge in [-0.25, -0.2) is 0 Å². The highest BCUT2D eigenvalue weighted by Gasteiger charge is 2.51. The average Bonchev–Trinajstić information content (AvgIpc) is 3.22. The standard InChI is InChI=1S/C22H31N3O/c1-4-23-15-10-19-18(8-5-9-20(19)23)16-24-13-6-11-22(24)12-7-14-25(17(2)3)21(22)26/h5,8-10,15,17H,4,6-7,11-14,16H2,1-3H3. The Bertz CT molecular complexity index is 809. The number of nitrogens with zero attached hydrogens (tertiary/aromatic N) is 3. The van der Waals surface area contributed by atoms with Crippen molar-refractivity contribution in [2.75, 3.05) is 13.1 Å². The Labute approximate surface area is 156 Å². The molecule has 3 heterocycles. The van der Waals surface area contributed by atoms with Crippen LogP contribution in [0, 0.1) is 0 Å². The molecule has 1 spiro atoms. The van der Waals surface area contributed by atoms with Gasteiger partial charge in [-0.05, 0) is 70.7 Å². The van der Waals surface area contributed by atoms with E-state index in [-0.39, 0.29) is 5.54 Å². The zero-order valence-corrected chi connectivity index (χ0v) is 16.4. The Balaban J connectivity index is 1.66. The summed E-state index contributed by atoms with van der Waals surface area (Å²) >= 11 is 0. The number of likely N-dealkylation sites (tertiary alicyclic amines) is 2. The largest absolute Gasteiger partial charge is 0.348 e. The Morgan fingerprint density at radius 2 is 1.88 bits per heavy atom. The van der Waals surface area contributed by atoms with E-state index in [9.17, 15) is 4.79 Å². The highest BCUT2D eigenvalue weighted by Crippen LogP contribution is 2.40. The van der Waals surface area contributed by atoms with Crippen molar-refractivity contribution in [1.82, 2.24) is 14.4 Å². The fraction of sp³-hybridized carbons (Fsp3) is 0.591. The molecule has 1 amide bonds. The van der Waals surface area contributed by atoms with Crippen molar-refractivity contribution in [3.63, 3.8) is 0 Å². The molecule has 1 aromatic heterocycles. The van der Waals surface area contributed by atoms with Crippen molar-refractivity contribution in [1.29, 1.82) is 0 Å². The normalized spacial score (nSPS) is 24.5. The molecule has 2 saturated heterocycles. The highest BCUT2D eigenvalue weighted by atomic mass is 16.2. The van der Waals surface area contributed by atoms with Gasteiger partial charge < -0.3 is 9.47 Å². The molecule has 0 N–H and O–H groups in total. The van der Waals surface area contributed by atoms with Crippen LogP contribution in [0.15, 0.2) is 30.5 Å². The zero-order valence-electron chi connectivity index (χ0n) is 16.4. The van der Waals surface area contributed by atoms with Crippen LogP contribution in [0.1, 0.15) is 52.0 Å². The maximum atomic E-state index is 13.4. The summed E-state index contributed by atoms with van der Waals surface area (Å²) in [7, 11) is 0. The number of rotatable bonds is 4. The lowest BCUT2D eigenvalue weighted by molar-refractivity contribution is -0.149. The molecule has 0 saturated carbocycles. The molecule has 1 atom stereocenters. The van der Waals surface area contributed by atoms with Gasteiger partial charge in [0.05, 0.1) is 0 Å². The monoisotopic (exact) mass is 353 g/mol. The minimum absolute atomic E-state index is 0.266. The van der Waals surface area contributed by atoms with Crippen LogP contribution in [-0.4, -0.2) is 44.9 Å². The maximum Gasteiger partial charge on any atom is 0.243 e. The summed E-state index contributed by atoms with van der Waals surface area (Å²) in [5.41, 5.74) is 2.39. The summed E-state index contributed by atoms with van der Waals surface area (Å²) in [5.74, 6) is 0.370. The number of amides is 1. The molecule has 4 nitrogen and oxygen atoms in total. The fourth-order valence-electron chi connectivity index (χ4n) is 5.11. The third kappa shape index (κ3) is 2.66. The number of hydrogen-bond acceptors (Lipinski definition) is 2. The minimum Gasteiger partial charge on any atom is -0.348 e. The fourth-order valence-corrected chi connectivity index (χ4v) is 5.11. The number of carbonyl (C=O) groups excluding carboxylic acids is 1. The van der Waals surface area contributed by atoms with Gasteiger partial charge in [0.1, 0.15) is 5.54 Å². The van der Waals surface area contributed by atoms with Gasteiger partial charge in [0.2, 0.25) is 5.91 Å². The Morgan fingerprint density at radius 1 is 1.12 bits per heavy atom. The molecule has 140 valence electrons. The van der Waals surface area contributed by atoms with E-state index >= 15 is 0 Å². The van der Waals surface area contributed by atoms with E-state index < -0.39 is 0 Å². The zero-order chi connectivity index (χ0) is 18.3. The summed E-state index contributed by atoms with van der Waals surface area (Å²) < 4.78 is 2.30. The van der Waals surface area contributed by atoms with Crippen molar-refractivity contribution in [3.8, 4) is 0 Å². The van der Waals surface area contributed by atoms with Crippen molar-refractivity contribution in [2.45, 2.75) is 71.1 Å². The van der Waals surface area contributed by atoms with Gasteiger partial charge in [-0.2, -0.15) is 0 Å². The quantitative estimate of drug-likeness (QED) is 0.830. The predicted octanol–water partition coefficient (Wildman–Crippen LogP) is 4.03. The molecule has 4 heteroatoms. The number of carbonyl (C=O) groups is 1. The van der Waals surface area contributed by atoms with E-state index in [2.05, 4.69) is 65.6 Å². The molecule has 2 fully saturated rings. The lowest BCUT2D eigenvalue weighted by Gasteiger charge is -2.46. The van der Waals surface area contributed by atoms with Crippen LogP contribution < -0.4 is 0 Å². The molecule has 1 unspecified atom stereocenters. The SMILES string of the molecule is CCn1ccc2c(CN3CCCC34CCCN(C(C)C)C4=O)cccc21. The second kappa shape index (κ2) is 6.73. The molecule has 2 aromatic rings. The summed E-state index contributed by atoms with van der Waals surface area (Å²) in [4.78, 5) is 18.0.